The van der Waals surface area contributed by atoms with Gasteiger partial charge in [0.25, 0.3) is 5.91 Å². The van der Waals surface area contributed by atoms with E-state index in [-0.39, 0.29) is 39.9 Å². The monoisotopic (exact) mass is 391 g/mol. The van der Waals surface area contributed by atoms with E-state index in [1.54, 1.807) is 10.9 Å². The zero-order valence-corrected chi connectivity index (χ0v) is 14.8. The van der Waals surface area contributed by atoms with Crippen molar-refractivity contribution in [2.45, 2.75) is 18.9 Å². The van der Waals surface area contributed by atoms with Crippen LogP contribution >= 0.6 is 35.6 Å². The number of rotatable bonds is 3. The van der Waals surface area contributed by atoms with Crippen LogP contribution in [-0.2, 0) is 0 Å². The molecule has 0 bridgehead atoms. The van der Waals surface area contributed by atoms with Crippen LogP contribution in [0, 0.1) is 0 Å². The number of benzene rings is 1. The topological polar surface area (TPSA) is 92.1 Å². The standard InChI is InChI=1S/C14H15Cl2N5O2.ClH/c15-10-5-8(6-11(16)13(10)22)18-14(23)12-7-21(20-19-12)9-1-3-17-4-2-9;/h5-7,9,17,22H,1-4H2,(H,18,23);1H. The number of piperidine rings is 1. The molecular weight excluding hydrogens is 377 g/mol. The first-order valence-corrected chi connectivity index (χ1v) is 7.92. The number of carbonyl (C=O) groups excluding carboxylic acids is 1. The highest BCUT2D eigenvalue weighted by molar-refractivity contribution is 6.37. The van der Waals surface area contributed by atoms with E-state index in [1.165, 1.54) is 12.1 Å². The van der Waals surface area contributed by atoms with Gasteiger partial charge < -0.3 is 15.7 Å². The van der Waals surface area contributed by atoms with Crippen LogP contribution in [0.2, 0.25) is 10.0 Å². The second-order valence-corrected chi connectivity index (χ2v) is 6.12. The number of carbonyl (C=O) groups is 1. The summed E-state index contributed by atoms with van der Waals surface area (Å²) in [4.78, 5) is 12.2. The molecule has 1 fully saturated rings. The Morgan fingerprint density at radius 3 is 2.54 bits per heavy atom. The summed E-state index contributed by atoms with van der Waals surface area (Å²) in [5.41, 5.74) is 0.586. The van der Waals surface area contributed by atoms with Gasteiger partial charge in [-0.2, -0.15) is 0 Å². The van der Waals surface area contributed by atoms with Crippen LogP contribution in [0.15, 0.2) is 18.3 Å². The molecule has 1 saturated heterocycles. The van der Waals surface area contributed by atoms with Crippen molar-refractivity contribution in [2.24, 2.45) is 0 Å². The SMILES string of the molecule is Cl.O=C(Nc1cc(Cl)c(O)c(Cl)c1)c1cn(C2CCNCC2)nn1. The normalized spacial score (nSPS) is 14.9. The highest BCUT2D eigenvalue weighted by Gasteiger charge is 2.19. The molecule has 1 aliphatic heterocycles. The predicted octanol–water partition coefficient (Wildman–Crippen LogP) is 2.89. The minimum absolute atomic E-state index is 0. The van der Waals surface area contributed by atoms with Crippen LogP contribution in [0.25, 0.3) is 0 Å². The Morgan fingerprint density at radius 1 is 1.29 bits per heavy atom. The molecule has 0 unspecified atom stereocenters. The van der Waals surface area contributed by atoms with Crippen LogP contribution in [0.1, 0.15) is 29.4 Å². The molecule has 7 nitrogen and oxygen atoms in total. The number of aromatic hydroxyl groups is 1. The molecule has 3 N–H and O–H groups in total. The summed E-state index contributed by atoms with van der Waals surface area (Å²) in [7, 11) is 0. The van der Waals surface area contributed by atoms with E-state index >= 15 is 0 Å². The summed E-state index contributed by atoms with van der Waals surface area (Å²) >= 11 is 11.7. The maximum Gasteiger partial charge on any atom is 0.277 e. The lowest BCUT2D eigenvalue weighted by atomic mass is 10.1. The minimum atomic E-state index is -0.414. The van der Waals surface area contributed by atoms with Crippen LogP contribution in [0.3, 0.4) is 0 Å². The quantitative estimate of drug-likeness (QED) is 0.699. The molecule has 24 heavy (non-hydrogen) atoms. The van der Waals surface area contributed by atoms with Crippen molar-refractivity contribution >= 4 is 47.2 Å². The lowest BCUT2D eigenvalue weighted by Crippen LogP contribution is -2.29. The second kappa shape index (κ2) is 8.02. The Labute approximate surface area is 154 Å². The summed E-state index contributed by atoms with van der Waals surface area (Å²) < 4.78 is 1.73. The van der Waals surface area contributed by atoms with E-state index in [0.29, 0.717) is 5.69 Å². The van der Waals surface area contributed by atoms with Gasteiger partial charge >= 0.3 is 0 Å². The molecule has 1 aromatic carbocycles. The Balaban J connectivity index is 0.00000208. The van der Waals surface area contributed by atoms with E-state index in [1.807, 2.05) is 0 Å². The zero-order valence-electron chi connectivity index (χ0n) is 12.5. The fourth-order valence-electron chi connectivity index (χ4n) is 2.46. The first kappa shape index (κ1) is 18.8. The number of hydrogen-bond donors (Lipinski definition) is 3. The van der Waals surface area contributed by atoms with Crippen LogP contribution < -0.4 is 10.6 Å². The van der Waals surface area contributed by atoms with Crippen LogP contribution in [0.4, 0.5) is 5.69 Å². The maximum atomic E-state index is 12.2. The van der Waals surface area contributed by atoms with E-state index in [9.17, 15) is 9.90 Å². The Bertz CT molecular complexity index is 708. The summed E-state index contributed by atoms with van der Waals surface area (Å²) in [6.07, 6.45) is 3.54. The maximum absolute atomic E-state index is 12.2. The highest BCUT2D eigenvalue weighted by Crippen LogP contribution is 2.34. The predicted molar refractivity (Wildman–Crippen MR) is 94.5 cm³/mol. The van der Waals surface area contributed by atoms with Gasteiger partial charge in [0.05, 0.1) is 22.3 Å². The Hall–Kier alpha value is -1.54. The number of amides is 1. The van der Waals surface area contributed by atoms with Crippen molar-refractivity contribution in [2.75, 3.05) is 18.4 Å². The van der Waals surface area contributed by atoms with Gasteiger partial charge in [0.1, 0.15) is 0 Å². The number of anilines is 1. The molecule has 0 atom stereocenters. The van der Waals surface area contributed by atoms with Gasteiger partial charge in [-0.25, -0.2) is 4.68 Å². The van der Waals surface area contributed by atoms with Crippen molar-refractivity contribution in [3.8, 4) is 5.75 Å². The first-order valence-electron chi connectivity index (χ1n) is 7.16. The molecule has 0 radical (unpaired) electrons. The molecule has 1 amide bonds. The van der Waals surface area contributed by atoms with Gasteiger partial charge in [0.2, 0.25) is 0 Å². The van der Waals surface area contributed by atoms with E-state index < -0.39 is 5.91 Å². The van der Waals surface area contributed by atoms with Crippen molar-refractivity contribution in [3.05, 3.63) is 34.1 Å². The summed E-state index contributed by atoms with van der Waals surface area (Å²) in [6.45, 7) is 1.85. The third-order valence-electron chi connectivity index (χ3n) is 3.70. The lowest BCUT2D eigenvalue weighted by Gasteiger charge is -2.22. The third kappa shape index (κ3) is 4.10. The summed E-state index contributed by atoms with van der Waals surface area (Å²) in [5.74, 6) is -0.633. The average molecular weight is 393 g/mol. The molecule has 1 aromatic heterocycles. The number of nitrogens with zero attached hydrogens (tertiary/aromatic N) is 3. The molecule has 0 saturated carbocycles. The molecule has 2 aromatic rings. The second-order valence-electron chi connectivity index (χ2n) is 5.31. The molecule has 10 heteroatoms. The van der Waals surface area contributed by atoms with Gasteiger partial charge in [0, 0.05) is 5.69 Å². The third-order valence-corrected chi connectivity index (χ3v) is 4.28. The Kier molecular flexibility index (Phi) is 6.28. The minimum Gasteiger partial charge on any atom is -0.505 e. The molecule has 0 aliphatic carbocycles. The van der Waals surface area contributed by atoms with Gasteiger partial charge in [0.15, 0.2) is 11.4 Å². The summed E-state index contributed by atoms with van der Waals surface area (Å²) in [5, 5.41) is 23.5. The van der Waals surface area contributed by atoms with E-state index in [4.69, 9.17) is 23.2 Å². The van der Waals surface area contributed by atoms with Crippen molar-refractivity contribution in [1.82, 2.24) is 20.3 Å². The number of phenols is 1. The number of aromatic nitrogens is 3. The fraction of sp³-hybridized carbons (Fsp3) is 0.357. The molecule has 1 aliphatic rings. The fourth-order valence-corrected chi connectivity index (χ4v) is 2.95. The van der Waals surface area contributed by atoms with Gasteiger partial charge in [-0.05, 0) is 38.1 Å². The van der Waals surface area contributed by atoms with Gasteiger partial charge in [-0.15, -0.1) is 17.5 Å². The van der Waals surface area contributed by atoms with E-state index in [0.717, 1.165) is 25.9 Å². The Morgan fingerprint density at radius 2 is 1.92 bits per heavy atom. The van der Waals surface area contributed by atoms with Gasteiger partial charge in [-0.3, -0.25) is 4.79 Å². The number of hydrogen-bond acceptors (Lipinski definition) is 5. The summed E-state index contributed by atoms with van der Waals surface area (Å²) in [6, 6.07) is 3.08. The molecule has 130 valence electrons. The van der Waals surface area contributed by atoms with Gasteiger partial charge in [-0.1, -0.05) is 28.4 Å². The largest absolute Gasteiger partial charge is 0.505 e. The molecule has 0 spiro atoms. The lowest BCUT2D eigenvalue weighted by molar-refractivity contribution is 0.102. The highest BCUT2D eigenvalue weighted by atomic mass is 35.5. The van der Waals surface area contributed by atoms with Crippen molar-refractivity contribution in [1.29, 1.82) is 0 Å². The van der Waals surface area contributed by atoms with Crippen LogP contribution in [0.5, 0.6) is 5.75 Å². The van der Waals surface area contributed by atoms with Crippen molar-refractivity contribution < 1.29 is 9.90 Å². The molecule has 3 rings (SSSR count). The zero-order chi connectivity index (χ0) is 16.4. The first-order chi connectivity index (χ1) is 11.0. The van der Waals surface area contributed by atoms with E-state index in [2.05, 4.69) is 20.9 Å². The van der Waals surface area contributed by atoms with Crippen molar-refractivity contribution in [3.63, 3.8) is 0 Å². The molecular formula is C14H16Cl3N5O2. The molecule has 2 heterocycles. The van der Waals surface area contributed by atoms with Crippen LogP contribution in [-0.4, -0.2) is 39.1 Å². The smallest absolute Gasteiger partial charge is 0.277 e. The number of nitrogens with one attached hydrogen (secondary N) is 2. The number of halogens is 3. The average Bonchev–Trinajstić information content (AvgIpc) is 3.03. The number of phenolic OH excluding ortho intramolecular Hbond substituents is 1.